The van der Waals surface area contributed by atoms with Crippen LogP contribution in [0.3, 0.4) is 0 Å². The fourth-order valence-corrected chi connectivity index (χ4v) is 8.30. The number of primary amides is 2. The monoisotopic (exact) mass is 1150 g/mol. The largest absolute Gasteiger partial charge is 0.508 e. The highest BCUT2D eigenvalue weighted by molar-refractivity contribution is 6.00. The fraction of sp³-hybridized carbons (Fsp3) is 0.519. The molecule has 0 saturated heterocycles. The summed E-state index contributed by atoms with van der Waals surface area (Å²) in [7, 11) is 0. The van der Waals surface area contributed by atoms with Gasteiger partial charge in [-0.2, -0.15) is 0 Å². The second-order valence-corrected chi connectivity index (χ2v) is 20.5. The zero-order valence-corrected chi connectivity index (χ0v) is 46.6. The maximum atomic E-state index is 14.4. The Morgan fingerprint density at radius 2 is 1.01 bits per heavy atom. The predicted molar refractivity (Wildman–Crippen MR) is 296 cm³/mol. The van der Waals surface area contributed by atoms with Crippen molar-refractivity contribution >= 4 is 65.0 Å². The van der Waals surface area contributed by atoms with Gasteiger partial charge in [-0.1, -0.05) is 76.6 Å². The smallest absolute Gasteiger partial charge is 0.328 e. The number of aromatic amines is 1. The molecule has 1 heterocycles. The standard InChI is InChI=1S/C54H80N14O14/c1-6-29(4)44(58)53(80)67-36(20-28(2)3)47(74)63-37(22-32-15-17-34(70)18-16-32)48(75)65-41(25-43(57)72)51(78)66-40(24-42(56)71)50(77)64-39(23-33-26-59-27-60-33)49(76)61-35(14-10-11-19-55)46(73)62-38(21-31-12-8-7-9-13-31)52(79)68-45(30(5)69)54(81)82/h7-9,12-13,15-18,26-30,35-41,44-45,69-70H,6,10-11,14,19-25,55,58H2,1-5H3,(H2,56,71)(H2,57,72)(H,59,60)(H,61,76)(H,62,73)(H,63,74)(H,64,77)(H,65,75)(H,66,78)(H,67,80)(H,68,79)(H,81,82)/t29-,30+,35-,36-,37-,38-,39-,40-,41-,44-,45-/m0/s1. The molecule has 1 aromatic heterocycles. The van der Waals surface area contributed by atoms with E-state index in [2.05, 4.69) is 52.5 Å². The van der Waals surface area contributed by atoms with Gasteiger partial charge >= 0.3 is 5.97 Å². The van der Waals surface area contributed by atoms with Gasteiger partial charge in [-0.05, 0) is 74.2 Å². The number of unbranched alkanes of at least 4 members (excludes halogenated alkanes) is 1. The van der Waals surface area contributed by atoms with Crippen molar-refractivity contribution in [2.24, 2.45) is 34.8 Å². The third-order valence-electron chi connectivity index (χ3n) is 13.1. The number of aromatic hydroxyl groups is 1. The number of carboxylic acid groups (broad SMARTS) is 1. The molecule has 0 fully saturated rings. The molecule has 10 amide bonds. The minimum atomic E-state index is -1.92. The number of H-pyrrole nitrogens is 1. The summed E-state index contributed by atoms with van der Waals surface area (Å²) in [5.41, 5.74) is 24.2. The maximum Gasteiger partial charge on any atom is 0.328 e. The first-order chi connectivity index (χ1) is 38.7. The highest BCUT2D eigenvalue weighted by atomic mass is 16.4. The number of aliphatic hydroxyl groups excluding tert-OH is 1. The molecule has 0 aliphatic carbocycles. The number of aliphatic hydroxyl groups is 1. The summed E-state index contributed by atoms with van der Waals surface area (Å²) in [5.74, 6) is -12.1. The molecule has 20 N–H and O–H groups in total. The third-order valence-corrected chi connectivity index (χ3v) is 13.1. The van der Waals surface area contributed by atoms with Crippen molar-refractivity contribution in [1.82, 2.24) is 52.5 Å². The molecule has 0 radical (unpaired) electrons. The first kappa shape index (κ1) is 67.8. The minimum Gasteiger partial charge on any atom is -0.508 e. The molecular weight excluding hydrogens is 1070 g/mol. The van der Waals surface area contributed by atoms with Crippen LogP contribution in [0, 0.1) is 11.8 Å². The first-order valence-corrected chi connectivity index (χ1v) is 26.9. The lowest BCUT2D eigenvalue weighted by Gasteiger charge is -2.28. The zero-order valence-electron chi connectivity index (χ0n) is 46.6. The van der Waals surface area contributed by atoms with E-state index in [1.807, 2.05) is 6.92 Å². The molecule has 0 aliphatic rings. The van der Waals surface area contributed by atoms with Crippen molar-refractivity contribution in [3.8, 4) is 5.75 Å². The summed E-state index contributed by atoms with van der Waals surface area (Å²) >= 11 is 0. The predicted octanol–water partition coefficient (Wildman–Crippen LogP) is -3.21. The molecule has 0 unspecified atom stereocenters. The molecule has 0 aliphatic heterocycles. The molecule has 2 aromatic carbocycles. The van der Waals surface area contributed by atoms with E-state index in [4.69, 9.17) is 22.9 Å². The number of hydrogen-bond acceptors (Lipinski definition) is 16. The van der Waals surface area contributed by atoms with Gasteiger partial charge in [0.25, 0.3) is 0 Å². The quantitative estimate of drug-likeness (QED) is 0.0255. The number of phenolic OH excluding ortho intramolecular Hbond substituents is 1. The van der Waals surface area contributed by atoms with E-state index in [1.54, 1.807) is 51.1 Å². The van der Waals surface area contributed by atoms with E-state index in [1.165, 1.54) is 36.8 Å². The van der Waals surface area contributed by atoms with Gasteiger partial charge in [0.05, 0.1) is 31.3 Å². The Hall–Kier alpha value is -8.50. The van der Waals surface area contributed by atoms with E-state index in [0.717, 1.165) is 6.92 Å². The van der Waals surface area contributed by atoms with Crippen LogP contribution in [-0.2, 0) is 72.0 Å². The molecule has 82 heavy (non-hydrogen) atoms. The summed E-state index contributed by atoms with van der Waals surface area (Å²) in [6.45, 7) is 8.57. The van der Waals surface area contributed by atoms with Crippen LogP contribution in [0.2, 0.25) is 0 Å². The Labute approximate surface area is 474 Å². The molecule has 0 saturated carbocycles. The van der Waals surface area contributed by atoms with Gasteiger partial charge in [0.1, 0.15) is 48.0 Å². The van der Waals surface area contributed by atoms with Crippen LogP contribution in [-0.4, -0.2) is 157 Å². The third kappa shape index (κ3) is 23.3. The molecule has 450 valence electrons. The van der Waals surface area contributed by atoms with E-state index in [0.29, 0.717) is 24.0 Å². The number of nitrogens with one attached hydrogen (secondary N) is 9. The summed E-state index contributed by atoms with van der Waals surface area (Å²) in [5, 5.41) is 49.5. The summed E-state index contributed by atoms with van der Waals surface area (Å²) in [6, 6.07) is 0.169. The number of rotatable bonds is 36. The normalized spacial score (nSPS) is 15.2. The Bertz CT molecular complexity index is 2620. The molecule has 3 rings (SSSR count). The Kier molecular flexibility index (Phi) is 28.1. The lowest BCUT2D eigenvalue weighted by molar-refractivity contribution is -0.145. The lowest BCUT2D eigenvalue weighted by Crippen LogP contribution is -2.61. The molecule has 28 heteroatoms. The Balaban J connectivity index is 1.97. The average Bonchev–Trinajstić information content (AvgIpc) is 3.99. The molecule has 3 aromatic rings. The van der Waals surface area contributed by atoms with Crippen molar-refractivity contribution in [2.45, 2.75) is 159 Å². The number of carbonyl (C=O) groups is 11. The maximum absolute atomic E-state index is 14.4. The number of amides is 10. The second kappa shape index (κ2) is 33.9. The fourth-order valence-electron chi connectivity index (χ4n) is 8.30. The van der Waals surface area contributed by atoms with E-state index < -0.39 is 138 Å². The van der Waals surface area contributed by atoms with Gasteiger partial charge in [0.15, 0.2) is 6.04 Å². The summed E-state index contributed by atoms with van der Waals surface area (Å²) < 4.78 is 0. The van der Waals surface area contributed by atoms with Gasteiger partial charge in [-0.15, -0.1) is 0 Å². The average molecular weight is 1150 g/mol. The second-order valence-electron chi connectivity index (χ2n) is 20.5. The number of aliphatic carboxylic acids is 1. The van der Waals surface area contributed by atoms with Crippen molar-refractivity contribution in [2.75, 3.05) is 6.54 Å². The van der Waals surface area contributed by atoms with E-state index >= 15 is 0 Å². The Morgan fingerprint density at radius 3 is 1.46 bits per heavy atom. The number of nitrogens with two attached hydrogens (primary N) is 4. The number of imidazole rings is 1. The van der Waals surface area contributed by atoms with Crippen LogP contribution in [0.15, 0.2) is 67.1 Å². The number of aromatic nitrogens is 2. The minimum absolute atomic E-state index is 0.0699. The van der Waals surface area contributed by atoms with E-state index in [9.17, 15) is 68.1 Å². The highest BCUT2D eigenvalue weighted by Gasteiger charge is 2.37. The van der Waals surface area contributed by atoms with Gasteiger partial charge in [-0.3, -0.25) is 47.9 Å². The van der Waals surface area contributed by atoms with Gasteiger partial charge < -0.3 is 85.8 Å². The summed E-state index contributed by atoms with van der Waals surface area (Å²) in [6.07, 6.45) is -0.265. The molecule has 28 nitrogen and oxygen atoms in total. The number of carboxylic acids is 1. The molecule has 0 bridgehead atoms. The van der Waals surface area contributed by atoms with Crippen molar-refractivity contribution in [3.63, 3.8) is 0 Å². The number of benzene rings is 2. The van der Waals surface area contributed by atoms with Crippen LogP contribution in [0.1, 0.15) is 96.4 Å². The van der Waals surface area contributed by atoms with Crippen LogP contribution >= 0.6 is 0 Å². The van der Waals surface area contributed by atoms with Crippen LogP contribution < -0.4 is 65.5 Å². The van der Waals surface area contributed by atoms with Crippen molar-refractivity contribution in [1.29, 1.82) is 0 Å². The van der Waals surface area contributed by atoms with Crippen molar-refractivity contribution < 1.29 is 68.1 Å². The van der Waals surface area contributed by atoms with Crippen LogP contribution in [0.5, 0.6) is 5.75 Å². The summed E-state index contributed by atoms with van der Waals surface area (Å²) in [4.78, 5) is 156. The Morgan fingerprint density at radius 1 is 0.573 bits per heavy atom. The first-order valence-electron chi connectivity index (χ1n) is 26.9. The molecule has 11 atom stereocenters. The number of carbonyl (C=O) groups excluding carboxylic acids is 10. The van der Waals surface area contributed by atoms with Gasteiger partial charge in [-0.25, -0.2) is 9.78 Å². The zero-order chi connectivity index (χ0) is 61.2. The lowest BCUT2D eigenvalue weighted by atomic mass is 9.97. The number of hydrogen-bond donors (Lipinski definition) is 16. The topological polar surface area (TPSA) is 477 Å². The molecular formula is C54H80N14O14. The SMILES string of the molecule is CC[C@H](C)[C@H](N)C(=O)N[C@@H](CC(C)C)C(=O)N[C@@H](Cc1ccc(O)cc1)C(=O)N[C@@H](CC(N)=O)C(=O)N[C@@H](CC(N)=O)C(=O)N[C@@H](Cc1cnc[nH]1)C(=O)N[C@@H](CCCCN)C(=O)N[C@@H](Cc1ccccc1)C(=O)N[C@H](C(=O)O)[C@@H](C)O. The van der Waals surface area contributed by atoms with Crippen molar-refractivity contribution in [3.05, 3.63) is 83.9 Å². The van der Waals surface area contributed by atoms with Crippen LogP contribution in [0.25, 0.3) is 0 Å². The van der Waals surface area contributed by atoms with Gasteiger partial charge in [0.2, 0.25) is 59.1 Å². The molecule has 0 spiro atoms. The highest BCUT2D eigenvalue weighted by Crippen LogP contribution is 2.15. The number of phenols is 1. The number of nitrogens with zero attached hydrogens (tertiary/aromatic N) is 1. The van der Waals surface area contributed by atoms with E-state index in [-0.39, 0.29) is 68.3 Å². The van der Waals surface area contributed by atoms with Crippen LogP contribution in [0.4, 0.5) is 0 Å². The van der Waals surface area contributed by atoms with Gasteiger partial charge in [0, 0.05) is 31.2 Å².